The molecule has 11 heteroatoms. The molecule has 174 valence electrons. The first-order valence-corrected chi connectivity index (χ1v) is 10.3. The fourth-order valence-electron chi connectivity index (χ4n) is 3.96. The third kappa shape index (κ3) is 3.96. The molecular weight excluding hydrogens is 439 g/mol. The molecule has 3 atom stereocenters. The second-order valence-corrected chi connectivity index (χ2v) is 7.96. The molecule has 4 rings (SSSR count). The number of methoxy groups -OCH3 is 1. The van der Waals surface area contributed by atoms with Gasteiger partial charge in [0.05, 0.1) is 30.2 Å². The minimum Gasteiger partial charge on any atom is -0.379 e. The predicted octanol–water partition coefficient (Wildman–Crippen LogP) is 3.99. The maximum Gasteiger partial charge on any atom is 0.421 e. The number of alkyl halides is 3. The molecule has 2 unspecified atom stereocenters. The average molecular weight is 461 g/mol. The molecule has 0 saturated carbocycles. The normalized spacial score (nSPS) is 20.8. The molecule has 8 nitrogen and oxygen atoms in total. The van der Waals surface area contributed by atoms with Gasteiger partial charge in [-0.05, 0) is 37.1 Å². The van der Waals surface area contributed by atoms with Gasteiger partial charge in [-0.2, -0.15) is 23.5 Å². The Morgan fingerprint density at radius 3 is 2.67 bits per heavy atom. The van der Waals surface area contributed by atoms with Crippen LogP contribution in [-0.2, 0) is 15.1 Å². The first-order valence-electron chi connectivity index (χ1n) is 10.3. The van der Waals surface area contributed by atoms with Crippen molar-refractivity contribution in [3.63, 3.8) is 0 Å². The van der Waals surface area contributed by atoms with E-state index < -0.39 is 11.8 Å². The SMILES string of the molecule is CO[C@](C)(c1ccc(Nc2nn(C3COCCC3C#N)c3cc[nH]c(=O)c23)cc1)C(F)(F)F. The van der Waals surface area contributed by atoms with E-state index in [4.69, 9.17) is 9.47 Å². The van der Waals surface area contributed by atoms with Crippen molar-refractivity contribution in [3.8, 4) is 6.07 Å². The van der Waals surface area contributed by atoms with Crippen molar-refractivity contribution in [2.45, 2.75) is 31.2 Å². The van der Waals surface area contributed by atoms with E-state index in [1.165, 1.54) is 30.5 Å². The fraction of sp³-hybridized carbons (Fsp3) is 0.409. The standard InChI is InChI=1S/C22H22F3N5O3/c1-21(32-2,22(23,24)25)14-3-5-15(6-4-14)28-19-18-16(7-9-27-20(18)31)30(29-19)17-12-33-10-8-13(17)11-26/h3-7,9,13,17H,8,10,12H2,1-2H3,(H,27,31)(H,28,29)/t13?,17?,21-/m1/s1. The van der Waals surface area contributed by atoms with Crippen LogP contribution in [0.5, 0.6) is 0 Å². The lowest BCUT2D eigenvalue weighted by atomic mass is 9.95. The van der Waals surface area contributed by atoms with E-state index in [1.54, 1.807) is 10.7 Å². The molecular formula is C22H22F3N5O3. The number of benzene rings is 1. The lowest BCUT2D eigenvalue weighted by Gasteiger charge is -2.31. The van der Waals surface area contributed by atoms with Crippen molar-refractivity contribution in [1.29, 1.82) is 5.26 Å². The number of nitrogens with zero attached hydrogens (tertiary/aromatic N) is 3. The van der Waals surface area contributed by atoms with Crippen molar-refractivity contribution in [2.75, 3.05) is 25.6 Å². The van der Waals surface area contributed by atoms with E-state index in [0.717, 1.165) is 14.0 Å². The molecule has 1 fully saturated rings. The molecule has 0 bridgehead atoms. The van der Waals surface area contributed by atoms with Crippen LogP contribution in [0.1, 0.15) is 24.9 Å². The van der Waals surface area contributed by atoms with Gasteiger partial charge in [0.2, 0.25) is 0 Å². The summed E-state index contributed by atoms with van der Waals surface area (Å²) >= 11 is 0. The van der Waals surface area contributed by atoms with Gasteiger partial charge < -0.3 is 19.8 Å². The molecule has 1 aromatic carbocycles. The number of halogens is 3. The molecule has 1 aliphatic heterocycles. The number of fused-ring (bicyclic) bond motifs is 1. The summed E-state index contributed by atoms with van der Waals surface area (Å²) in [5.74, 6) is -0.102. The summed E-state index contributed by atoms with van der Waals surface area (Å²) in [6.07, 6.45) is -2.55. The van der Waals surface area contributed by atoms with Crippen molar-refractivity contribution < 1.29 is 22.6 Å². The van der Waals surface area contributed by atoms with Gasteiger partial charge >= 0.3 is 6.18 Å². The zero-order valence-corrected chi connectivity index (χ0v) is 17.9. The Hall–Kier alpha value is -3.36. The number of aromatic amines is 1. The maximum atomic E-state index is 13.5. The number of hydrogen-bond acceptors (Lipinski definition) is 6. The van der Waals surface area contributed by atoms with Gasteiger partial charge in [0.1, 0.15) is 5.39 Å². The lowest BCUT2D eigenvalue weighted by Crippen LogP contribution is -2.41. The molecule has 33 heavy (non-hydrogen) atoms. The van der Waals surface area contributed by atoms with Gasteiger partial charge in [-0.3, -0.25) is 9.48 Å². The summed E-state index contributed by atoms with van der Waals surface area (Å²) < 4.78 is 52.3. The number of nitrogens with one attached hydrogen (secondary N) is 2. The van der Waals surface area contributed by atoms with Crippen molar-refractivity contribution in [3.05, 3.63) is 52.4 Å². The van der Waals surface area contributed by atoms with Crippen LogP contribution < -0.4 is 10.9 Å². The number of nitriles is 1. The summed E-state index contributed by atoms with van der Waals surface area (Å²) in [5, 5.41) is 17.4. The molecule has 3 heterocycles. The topological polar surface area (TPSA) is 105 Å². The van der Waals surface area contributed by atoms with Crippen LogP contribution >= 0.6 is 0 Å². The van der Waals surface area contributed by atoms with E-state index in [9.17, 15) is 23.2 Å². The molecule has 2 N–H and O–H groups in total. The molecule has 3 aromatic rings. The van der Waals surface area contributed by atoms with E-state index in [2.05, 4.69) is 21.5 Å². The van der Waals surface area contributed by atoms with Gasteiger partial charge in [0.15, 0.2) is 11.4 Å². The first-order chi connectivity index (χ1) is 15.7. The smallest absolute Gasteiger partial charge is 0.379 e. The second-order valence-electron chi connectivity index (χ2n) is 7.96. The zero-order chi connectivity index (χ0) is 23.8. The van der Waals surface area contributed by atoms with Gasteiger partial charge in [-0.15, -0.1) is 0 Å². The Bertz CT molecular complexity index is 1250. The molecule has 0 spiro atoms. The highest BCUT2D eigenvalue weighted by atomic mass is 19.4. The quantitative estimate of drug-likeness (QED) is 0.595. The molecule has 0 radical (unpaired) electrons. The third-order valence-corrected chi connectivity index (χ3v) is 6.08. The van der Waals surface area contributed by atoms with Gasteiger partial charge in [-0.1, -0.05) is 12.1 Å². The first kappa shape index (κ1) is 22.8. The Morgan fingerprint density at radius 1 is 1.30 bits per heavy atom. The summed E-state index contributed by atoms with van der Waals surface area (Å²) in [5.41, 5.74) is -1.94. The number of pyridine rings is 1. The van der Waals surface area contributed by atoms with E-state index in [1.807, 2.05) is 0 Å². The molecule has 1 saturated heterocycles. The number of rotatable bonds is 5. The van der Waals surface area contributed by atoms with Crippen molar-refractivity contribution in [2.24, 2.45) is 5.92 Å². The number of ether oxygens (including phenoxy) is 2. The van der Waals surface area contributed by atoms with Gasteiger partial charge in [0.25, 0.3) is 5.56 Å². The summed E-state index contributed by atoms with van der Waals surface area (Å²) in [6, 6.07) is 9.13. The van der Waals surface area contributed by atoms with Crippen LogP contribution in [0.4, 0.5) is 24.7 Å². The largest absolute Gasteiger partial charge is 0.421 e. The highest BCUT2D eigenvalue weighted by Crippen LogP contribution is 2.41. The molecule has 0 amide bonds. The summed E-state index contributed by atoms with van der Waals surface area (Å²) in [4.78, 5) is 15.2. The number of hydrogen-bond donors (Lipinski definition) is 2. The highest BCUT2D eigenvalue weighted by Gasteiger charge is 2.53. The van der Waals surface area contributed by atoms with Crippen LogP contribution in [0, 0.1) is 17.2 Å². The predicted molar refractivity (Wildman–Crippen MR) is 114 cm³/mol. The minimum absolute atomic E-state index is 0.0625. The second kappa shape index (κ2) is 8.53. The minimum atomic E-state index is -4.60. The van der Waals surface area contributed by atoms with E-state index >= 15 is 0 Å². The lowest BCUT2D eigenvalue weighted by molar-refractivity contribution is -0.269. The average Bonchev–Trinajstić information content (AvgIpc) is 3.17. The van der Waals surface area contributed by atoms with E-state index in [-0.39, 0.29) is 40.9 Å². The number of aromatic nitrogens is 3. The fourth-order valence-corrected chi connectivity index (χ4v) is 3.96. The van der Waals surface area contributed by atoms with Crippen LogP contribution in [0.15, 0.2) is 41.3 Å². The third-order valence-electron chi connectivity index (χ3n) is 6.08. The summed E-state index contributed by atoms with van der Waals surface area (Å²) in [6.45, 7) is 1.72. The van der Waals surface area contributed by atoms with Gasteiger partial charge in [-0.25, -0.2) is 0 Å². The maximum absolute atomic E-state index is 13.5. The molecule has 1 aliphatic rings. The molecule has 2 aromatic heterocycles. The Morgan fingerprint density at radius 2 is 2.03 bits per heavy atom. The number of anilines is 2. The van der Waals surface area contributed by atoms with Crippen molar-refractivity contribution >= 4 is 22.4 Å². The van der Waals surface area contributed by atoms with Crippen LogP contribution in [0.3, 0.4) is 0 Å². The molecule has 0 aliphatic carbocycles. The van der Waals surface area contributed by atoms with E-state index in [0.29, 0.717) is 24.2 Å². The zero-order valence-electron chi connectivity index (χ0n) is 17.9. The Kier molecular flexibility index (Phi) is 5.90. The Balaban J connectivity index is 1.72. The summed E-state index contributed by atoms with van der Waals surface area (Å²) in [7, 11) is 1.01. The van der Waals surface area contributed by atoms with Crippen molar-refractivity contribution in [1.82, 2.24) is 14.8 Å². The van der Waals surface area contributed by atoms with Crippen LogP contribution in [-0.4, -0.2) is 41.3 Å². The highest BCUT2D eigenvalue weighted by molar-refractivity contribution is 5.91. The monoisotopic (exact) mass is 461 g/mol. The van der Waals surface area contributed by atoms with Gasteiger partial charge in [0, 0.05) is 25.6 Å². The number of H-pyrrole nitrogens is 1. The van der Waals surface area contributed by atoms with Crippen LogP contribution in [0.2, 0.25) is 0 Å². The Labute approximate surface area is 186 Å². The van der Waals surface area contributed by atoms with Crippen LogP contribution in [0.25, 0.3) is 10.9 Å².